The summed E-state index contributed by atoms with van der Waals surface area (Å²) in [6, 6.07) is 3.36. The predicted octanol–water partition coefficient (Wildman–Crippen LogP) is 1.46. The molecule has 1 aromatic rings. The van der Waals surface area contributed by atoms with Crippen LogP contribution in [0.15, 0.2) is 18.2 Å². The Balaban J connectivity index is 2.31. The van der Waals surface area contributed by atoms with Crippen molar-refractivity contribution in [2.45, 2.75) is 12.5 Å². The zero-order valence-electron chi connectivity index (χ0n) is 15.3. The number of nitrogens with one attached hydrogen (secondary N) is 1. The second kappa shape index (κ2) is 10.1. The quantitative estimate of drug-likeness (QED) is 0.399. The van der Waals surface area contributed by atoms with E-state index < -0.39 is 22.8 Å². The van der Waals surface area contributed by atoms with E-state index in [4.69, 9.17) is 9.47 Å². The molecule has 0 radical (unpaired) electrons. The van der Waals surface area contributed by atoms with Gasteiger partial charge in [-0.1, -0.05) is 0 Å². The first-order chi connectivity index (χ1) is 13.0. The van der Waals surface area contributed by atoms with Gasteiger partial charge in [-0.2, -0.15) is 11.8 Å². The van der Waals surface area contributed by atoms with E-state index in [0.717, 1.165) is 0 Å². The average molecular weight is 397 g/mol. The molecule has 1 aromatic carbocycles. The van der Waals surface area contributed by atoms with Crippen molar-refractivity contribution in [2.24, 2.45) is 0 Å². The van der Waals surface area contributed by atoms with Gasteiger partial charge in [0, 0.05) is 25.2 Å². The van der Waals surface area contributed by atoms with Gasteiger partial charge in [0.25, 0.3) is 11.6 Å². The van der Waals surface area contributed by atoms with Crippen LogP contribution in [0.25, 0.3) is 0 Å². The third kappa shape index (κ3) is 5.57. The molecular formula is C17H23N3O6S. The Morgan fingerprint density at radius 3 is 2.70 bits per heavy atom. The number of carbonyl (C=O) groups is 2. The molecule has 1 aliphatic heterocycles. The molecule has 9 nitrogen and oxygen atoms in total. The van der Waals surface area contributed by atoms with Gasteiger partial charge in [-0.3, -0.25) is 14.9 Å². The van der Waals surface area contributed by atoms with Crippen LogP contribution in [0, 0.1) is 10.1 Å². The molecule has 148 valence electrons. The number of amides is 1. The number of benzene rings is 1. The maximum Gasteiger partial charge on any atom is 0.328 e. The van der Waals surface area contributed by atoms with Crippen molar-refractivity contribution in [1.29, 1.82) is 0 Å². The lowest BCUT2D eigenvalue weighted by Gasteiger charge is -2.30. The van der Waals surface area contributed by atoms with E-state index in [1.54, 1.807) is 17.8 Å². The molecule has 27 heavy (non-hydrogen) atoms. The lowest BCUT2D eigenvalue weighted by Crippen LogP contribution is -2.43. The fraction of sp³-hybridized carbons (Fsp3) is 0.529. The van der Waals surface area contributed by atoms with Crippen molar-refractivity contribution >= 4 is 35.0 Å². The molecule has 0 aromatic heterocycles. The first-order valence-electron chi connectivity index (χ1n) is 8.46. The standard InChI is InChI=1S/C17H23N3O6S/c1-25-17(22)14(5-10-27-2)18-16(21)13-11-12(20(23)24)3-4-15(13)19-6-8-26-9-7-19/h3-4,11,14H,5-10H2,1-2H3,(H,18,21)/t14-/m0/s1. The second-order valence-corrected chi connectivity index (χ2v) is 6.87. The molecule has 0 aliphatic carbocycles. The van der Waals surface area contributed by atoms with E-state index in [2.05, 4.69) is 5.32 Å². The van der Waals surface area contributed by atoms with Crippen molar-refractivity contribution < 1.29 is 24.0 Å². The van der Waals surface area contributed by atoms with Gasteiger partial charge in [0.05, 0.1) is 36.5 Å². The molecule has 1 aliphatic rings. The number of hydrogen-bond acceptors (Lipinski definition) is 8. The first kappa shape index (κ1) is 21.0. The fourth-order valence-electron chi connectivity index (χ4n) is 2.76. The number of nitro benzene ring substituents is 1. The Labute approximate surface area is 161 Å². The van der Waals surface area contributed by atoms with Gasteiger partial charge in [-0.05, 0) is 24.5 Å². The number of carbonyl (C=O) groups excluding carboxylic acids is 2. The maximum atomic E-state index is 12.9. The minimum Gasteiger partial charge on any atom is -0.467 e. The number of nitro groups is 1. The highest BCUT2D eigenvalue weighted by molar-refractivity contribution is 7.98. The van der Waals surface area contributed by atoms with E-state index in [1.165, 1.54) is 19.2 Å². The van der Waals surface area contributed by atoms with Gasteiger partial charge in [0.2, 0.25) is 0 Å². The predicted molar refractivity (Wildman–Crippen MR) is 102 cm³/mol. The third-order valence-electron chi connectivity index (χ3n) is 4.19. The molecule has 10 heteroatoms. The summed E-state index contributed by atoms with van der Waals surface area (Å²) in [6.45, 7) is 2.17. The summed E-state index contributed by atoms with van der Waals surface area (Å²) in [5.74, 6) is -0.432. The van der Waals surface area contributed by atoms with Crippen LogP contribution in [-0.2, 0) is 14.3 Å². The van der Waals surface area contributed by atoms with Crippen LogP contribution in [0.1, 0.15) is 16.8 Å². The van der Waals surface area contributed by atoms with Gasteiger partial charge in [-0.15, -0.1) is 0 Å². The number of rotatable bonds is 8. The number of non-ortho nitro benzene ring substituents is 1. The summed E-state index contributed by atoms with van der Waals surface area (Å²) in [5, 5.41) is 13.8. The van der Waals surface area contributed by atoms with Gasteiger partial charge in [-0.25, -0.2) is 4.79 Å². The SMILES string of the molecule is COC(=O)[C@H](CCSC)NC(=O)c1cc([N+](=O)[O-])ccc1N1CCOCC1. The molecule has 1 N–H and O–H groups in total. The smallest absolute Gasteiger partial charge is 0.328 e. The largest absolute Gasteiger partial charge is 0.467 e. The molecule has 0 unspecified atom stereocenters. The van der Waals surface area contributed by atoms with Crippen molar-refractivity contribution in [1.82, 2.24) is 5.32 Å². The van der Waals surface area contributed by atoms with Gasteiger partial charge >= 0.3 is 5.97 Å². The van der Waals surface area contributed by atoms with Gasteiger partial charge in [0.15, 0.2) is 0 Å². The third-order valence-corrected chi connectivity index (χ3v) is 4.83. The number of nitrogens with zero attached hydrogens (tertiary/aromatic N) is 2. The summed E-state index contributed by atoms with van der Waals surface area (Å²) >= 11 is 1.54. The lowest BCUT2D eigenvalue weighted by atomic mass is 10.1. The zero-order chi connectivity index (χ0) is 19.8. The van der Waals surface area contributed by atoms with Crippen molar-refractivity contribution in [3.05, 3.63) is 33.9 Å². The van der Waals surface area contributed by atoms with Gasteiger partial charge < -0.3 is 19.7 Å². The summed E-state index contributed by atoms with van der Waals surface area (Å²) in [4.78, 5) is 37.4. The van der Waals surface area contributed by atoms with Crippen LogP contribution >= 0.6 is 11.8 Å². The van der Waals surface area contributed by atoms with Crippen molar-refractivity contribution in [3.63, 3.8) is 0 Å². The zero-order valence-corrected chi connectivity index (χ0v) is 16.1. The lowest BCUT2D eigenvalue weighted by molar-refractivity contribution is -0.384. The Hall–Kier alpha value is -2.33. The highest BCUT2D eigenvalue weighted by Gasteiger charge is 2.26. The van der Waals surface area contributed by atoms with E-state index >= 15 is 0 Å². The average Bonchev–Trinajstić information content (AvgIpc) is 2.70. The molecule has 0 spiro atoms. The topological polar surface area (TPSA) is 111 Å². The van der Waals surface area contributed by atoms with Gasteiger partial charge in [0.1, 0.15) is 6.04 Å². The van der Waals surface area contributed by atoms with Crippen molar-refractivity contribution in [3.8, 4) is 0 Å². The minimum absolute atomic E-state index is 0.157. The molecule has 1 fully saturated rings. The molecule has 1 atom stereocenters. The van der Waals surface area contributed by atoms with E-state index in [-0.39, 0.29) is 11.3 Å². The van der Waals surface area contributed by atoms with Crippen LogP contribution < -0.4 is 10.2 Å². The summed E-state index contributed by atoms with van der Waals surface area (Å²) in [7, 11) is 1.26. The fourth-order valence-corrected chi connectivity index (χ4v) is 3.23. The van der Waals surface area contributed by atoms with Crippen molar-refractivity contribution in [2.75, 3.05) is 50.3 Å². The molecule has 1 amide bonds. The van der Waals surface area contributed by atoms with Crippen LogP contribution in [0.2, 0.25) is 0 Å². The Morgan fingerprint density at radius 1 is 1.41 bits per heavy atom. The van der Waals surface area contributed by atoms with E-state index in [0.29, 0.717) is 44.2 Å². The van der Waals surface area contributed by atoms with Crippen LogP contribution in [-0.4, -0.2) is 68.3 Å². The monoisotopic (exact) mass is 397 g/mol. The molecule has 0 saturated carbocycles. The van der Waals surface area contributed by atoms with E-state index in [1.807, 2.05) is 11.2 Å². The summed E-state index contributed by atoms with van der Waals surface area (Å²) in [6.07, 6.45) is 2.30. The molecular weight excluding hydrogens is 374 g/mol. The first-order valence-corrected chi connectivity index (χ1v) is 9.86. The van der Waals surface area contributed by atoms with Crippen LogP contribution in [0.5, 0.6) is 0 Å². The highest BCUT2D eigenvalue weighted by Crippen LogP contribution is 2.26. The highest BCUT2D eigenvalue weighted by atomic mass is 32.2. The Morgan fingerprint density at radius 2 is 2.11 bits per heavy atom. The minimum atomic E-state index is -0.813. The Kier molecular flexibility index (Phi) is 7.86. The molecule has 1 saturated heterocycles. The second-order valence-electron chi connectivity index (χ2n) is 5.89. The number of esters is 1. The number of morpholine rings is 1. The maximum absolute atomic E-state index is 12.9. The number of ether oxygens (including phenoxy) is 2. The van der Waals surface area contributed by atoms with E-state index in [9.17, 15) is 19.7 Å². The number of thioether (sulfide) groups is 1. The Bertz CT molecular complexity index is 693. The number of anilines is 1. The number of methoxy groups -OCH3 is 1. The molecule has 0 bridgehead atoms. The number of hydrogen-bond donors (Lipinski definition) is 1. The van der Waals surface area contributed by atoms with Crippen LogP contribution in [0.4, 0.5) is 11.4 Å². The molecule has 2 rings (SSSR count). The van der Waals surface area contributed by atoms with Crippen LogP contribution in [0.3, 0.4) is 0 Å². The summed E-state index contributed by atoms with van der Waals surface area (Å²) < 4.78 is 10.1. The normalized spacial score (nSPS) is 15.1. The summed E-state index contributed by atoms with van der Waals surface area (Å²) in [5.41, 5.74) is 0.551. The molecule has 1 heterocycles.